The maximum Gasteiger partial charge on any atom is 0.408 e. The van der Waals surface area contributed by atoms with E-state index < -0.39 is 73.8 Å². The molecule has 15 heteroatoms. The van der Waals surface area contributed by atoms with E-state index in [-0.39, 0.29) is 31.5 Å². The number of nitrogens with one attached hydrogen (secondary N) is 3. The van der Waals surface area contributed by atoms with Crippen molar-refractivity contribution in [2.24, 2.45) is 10.9 Å². The fourth-order valence-electron chi connectivity index (χ4n) is 7.31. The van der Waals surface area contributed by atoms with Crippen molar-refractivity contribution in [1.29, 1.82) is 0 Å². The number of sulfonamides is 1. The number of carbonyl (C=O) groups is 4. The SMILES string of the molecule is CCN1C(O[C@@H]2C[C@H]3C(=O)N[C@]4(C(=O)NS(=O)(=O)C5(C)CC5)C[C@H]4/C=C\CCCCC[C@H](NC(=O)OC(C)(C)C)C(=O)N3C2)=NC2C=CC=CC21. The van der Waals surface area contributed by atoms with Gasteiger partial charge >= 0.3 is 6.09 Å². The fraction of sp³-hybridized carbons (Fsp3) is 0.694. The van der Waals surface area contributed by atoms with E-state index in [1.165, 1.54) is 4.90 Å². The second-order valence-corrected chi connectivity index (χ2v) is 18.0. The number of alkyl carbamates (subject to hydrolysis) is 1. The van der Waals surface area contributed by atoms with Crippen LogP contribution in [-0.4, -0.2) is 107 Å². The summed E-state index contributed by atoms with van der Waals surface area (Å²) in [6.07, 6.45) is 14.9. The predicted molar refractivity (Wildman–Crippen MR) is 190 cm³/mol. The van der Waals surface area contributed by atoms with Crippen molar-refractivity contribution < 1.29 is 37.1 Å². The minimum Gasteiger partial charge on any atom is -0.460 e. The largest absolute Gasteiger partial charge is 0.460 e. The fourth-order valence-corrected chi connectivity index (χ4v) is 8.62. The Hall–Kier alpha value is -3.88. The first-order valence-electron chi connectivity index (χ1n) is 18.3. The Labute approximate surface area is 300 Å². The van der Waals surface area contributed by atoms with E-state index in [0.717, 1.165) is 12.8 Å². The summed E-state index contributed by atoms with van der Waals surface area (Å²) in [4.78, 5) is 63.7. The molecule has 4 amide bonds. The van der Waals surface area contributed by atoms with Crippen LogP contribution in [0.1, 0.15) is 92.4 Å². The topological polar surface area (TPSA) is 176 Å². The van der Waals surface area contributed by atoms with Crippen molar-refractivity contribution in [1.82, 2.24) is 25.2 Å². The molecule has 51 heavy (non-hydrogen) atoms. The smallest absolute Gasteiger partial charge is 0.408 e. The monoisotopic (exact) mass is 728 g/mol. The predicted octanol–water partition coefficient (Wildman–Crippen LogP) is 2.81. The molecular formula is C36H52N6O8S. The van der Waals surface area contributed by atoms with Gasteiger partial charge in [0.05, 0.1) is 23.4 Å². The first kappa shape index (κ1) is 36.9. The second kappa shape index (κ2) is 13.9. The van der Waals surface area contributed by atoms with Gasteiger partial charge in [-0.2, -0.15) is 0 Å². The van der Waals surface area contributed by atoms with Gasteiger partial charge in [0, 0.05) is 18.9 Å². The molecule has 2 unspecified atom stereocenters. The van der Waals surface area contributed by atoms with Gasteiger partial charge in [-0.25, -0.2) is 18.2 Å². The van der Waals surface area contributed by atoms with E-state index in [2.05, 4.69) is 21.4 Å². The summed E-state index contributed by atoms with van der Waals surface area (Å²) in [6.45, 7) is 9.48. The molecule has 0 spiro atoms. The van der Waals surface area contributed by atoms with Crippen molar-refractivity contribution in [2.45, 2.75) is 139 Å². The maximum absolute atomic E-state index is 14.4. The molecule has 0 aromatic heterocycles. The summed E-state index contributed by atoms with van der Waals surface area (Å²) in [5, 5.41) is 5.65. The number of ether oxygens (including phenoxy) is 2. The number of nitrogens with zero attached hydrogens (tertiary/aromatic N) is 3. The minimum atomic E-state index is -3.97. The van der Waals surface area contributed by atoms with Crippen molar-refractivity contribution in [3.8, 4) is 0 Å². The lowest BCUT2D eigenvalue weighted by molar-refractivity contribution is -0.141. The van der Waals surface area contributed by atoms with E-state index in [0.29, 0.717) is 44.7 Å². The van der Waals surface area contributed by atoms with Crippen molar-refractivity contribution in [3.63, 3.8) is 0 Å². The van der Waals surface area contributed by atoms with Gasteiger partial charge in [0.25, 0.3) is 11.9 Å². The van der Waals surface area contributed by atoms with Gasteiger partial charge in [-0.15, -0.1) is 0 Å². The summed E-state index contributed by atoms with van der Waals surface area (Å²) < 4.78 is 39.4. The Morgan fingerprint density at radius 3 is 2.55 bits per heavy atom. The van der Waals surface area contributed by atoms with Gasteiger partial charge in [0.2, 0.25) is 21.8 Å². The number of amides is 4. The number of amidine groups is 1. The molecule has 3 fully saturated rings. The molecule has 2 saturated carbocycles. The summed E-state index contributed by atoms with van der Waals surface area (Å²) in [7, 11) is -3.97. The van der Waals surface area contributed by atoms with Crippen LogP contribution in [0.5, 0.6) is 0 Å². The Morgan fingerprint density at radius 1 is 1.10 bits per heavy atom. The Bertz CT molecular complexity index is 1650. The molecule has 0 aromatic carbocycles. The summed E-state index contributed by atoms with van der Waals surface area (Å²) in [5.74, 6) is -2.25. The first-order chi connectivity index (χ1) is 24.1. The van der Waals surface area contributed by atoms with Crippen LogP contribution in [0.3, 0.4) is 0 Å². The van der Waals surface area contributed by atoms with Gasteiger partial charge in [0.15, 0.2) is 0 Å². The molecule has 14 nitrogen and oxygen atoms in total. The molecule has 280 valence electrons. The maximum atomic E-state index is 14.4. The molecular weight excluding hydrogens is 676 g/mol. The number of aliphatic imine (C=N–C) groups is 1. The highest BCUT2D eigenvalue weighted by Gasteiger charge is 2.63. The molecule has 3 aliphatic heterocycles. The van der Waals surface area contributed by atoms with Gasteiger partial charge < -0.3 is 29.9 Å². The van der Waals surface area contributed by atoms with E-state index in [1.54, 1.807) is 27.7 Å². The molecule has 3 aliphatic carbocycles. The molecule has 6 rings (SSSR count). The van der Waals surface area contributed by atoms with Crippen LogP contribution in [0, 0.1) is 5.92 Å². The number of hydrogen-bond acceptors (Lipinski definition) is 10. The van der Waals surface area contributed by atoms with Gasteiger partial charge in [-0.05, 0) is 73.1 Å². The highest BCUT2D eigenvalue weighted by molar-refractivity contribution is 7.91. The second-order valence-electron chi connectivity index (χ2n) is 15.9. The average Bonchev–Trinajstić information content (AvgIpc) is 3.88. The third-order valence-corrected chi connectivity index (χ3v) is 12.9. The van der Waals surface area contributed by atoms with Gasteiger partial charge in [-0.1, -0.05) is 49.3 Å². The van der Waals surface area contributed by atoms with Crippen LogP contribution in [0.25, 0.3) is 0 Å². The summed E-state index contributed by atoms with van der Waals surface area (Å²) in [5.41, 5.74) is -2.28. The van der Waals surface area contributed by atoms with Gasteiger partial charge in [-0.3, -0.25) is 19.1 Å². The van der Waals surface area contributed by atoms with Crippen LogP contribution in [0.4, 0.5) is 4.79 Å². The van der Waals surface area contributed by atoms with Crippen LogP contribution >= 0.6 is 0 Å². The number of rotatable bonds is 6. The number of carbonyl (C=O) groups excluding carboxylic acids is 4. The Balaban J connectivity index is 1.28. The molecule has 3 N–H and O–H groups in total. The summed E-state index contributed by atoms with van der Waals surface area (Å²) >= 11 is 0. The number of allylic oxidation sites excluding steroid dienone is 3. The third-order valence-electron chi connectivity index (χ3n) is 10.7. The molecule has 0 aromatic rings. The van der Waals surface area contributed by atoms with Crippen molar-refractivity contribution >= 4 is 39.9 Å². The lowest BCUT2D eigenvalue weighted by Crippen LogP contribution is -2.58. The zero-order valence-electron chi connectivity index (χ0n) is 30.2. The van der Waals surface area contributed by atoms with Gasteiger partial charge in [0.1, 0.15) is 29.3 Å². The zero-order valence-corrected chi connectivity index (χ0v) is 31.0. The Kier molecular flexibility index (Phi) is 10.1. The van der Waals surface area contributed by atoms with E-state index in [4.69, 9.17) is 14.5 Å². The molecule has 3 heterocycles. The highest BCUT2D eigenvalue weighted by Crippen LogP contribution is 2.47. The van der Waals surface area contributed by atoms with Crippen molar-refractivity contribution in [3.05, 3.63) is 36.5 Å². The number of fused-ring (bicyclic) bond motifs is 3. The van der Waals surface area contributed by atoms with Crippen LogP contribution in [0.2, 0.25) is 0 Å². The zero-order chi connectivity index (χ0) is 36.8. The molecule has 6 aliphatic rings. The highest BCUT2D eigenvalue weighted by atomic mass is 32.2. The van der Waals surface area contributed by atoms with E-state index in [9.17, 15) is 27.6 Å². The third kappa shape index (κ3) is 7.82. The first-order valence-corrected chi connectivity index (χ1v) is 19.8. The molecule has 7 atom stereocenters. The Morgan fingerprint density at radius 2 is 1.84 bits per heavy atom. The van der Waals surface area contributed by atoms with E-state index >= 15 is 0 Å². The lowest BCUT2D eigenvalue weighted by Gasteiger charge is -2.30. The van der Waals surface area contributed by atoms with Crippen LogP contribution in [-0.2, 0) is 33.9 Å². The van der Waals surface area contributed by atoms with Crippen molar-refractivity contribution in [2.75, 3.05) is 13.1 Å². The lowest BCUT2D eigenvalue weighted by atomic mass is 10.0. The summed E-state index contributed by atoms with van der Waals surface area (Å²) in [6, 6.07) is -1.73. The molecule has 0 bridgehead atoms. The molecule has 1 saturated heterocycles. The van der Waals surface area contributed by atoms with Crippen LogP contribution in [0.15, 0.2) is 41.4 Å². The minimum absolute atomic E-state index is 0.00149. The average molecular weight is 729 g/mol. The number of hydrogen-bond donors (Lipinski definition) is 3. The number of likely N-dealkylation sites (N-methyl/N-ethyl adjacent to an activating group) is 1. The standard InChI is InChI=1S/C36H52N6O8S/c1-6-41-27-17-13-12-15-25(27)37-32(41)49-24-20-28-29(43)39-36(31(45)40-51(47,48)35(5)18-19-35)21-23(36)14-10-8-7-9-11-16-26(30(44)42(28)22-24)38-33(46)50-34(2,3)4/h10,12-15,17,23-28H,6-9,11,16,18-22H2,1-5H3,(H,38,46)(H,39,43)(H,40,45)/b14-10-/t23-,24-,25?,26+,27?,28+,36-/m1/s1. The normalized spacial score (nSPS) is 33.7. The van der Waals surface area contributed by atoms with Crippen LogP contribution < -0.4 is 15.4 Å². The quantitative estimate of drug-likeness (QED) is 0.348. The molecule has 0 radical (unpaired) electrons. The van der Waals surface area contributed by atoms with E-state index in [1.807, 2.05) is 42.2 Å².